The summed E-state index contributed by atoms with van der Waals surface area (Å²) in [5, 5.41) is 12.5. The second-order valence-electron chi connectivity index (χ2n) is 3.26. The van der Waals surface area contributed by atoms with E-state index in [0.717, 1.165) is 19.4 Å². The molecule has 1 rings (SSSR count). The van der Waals surface area contributed by atoms with Crippen molar-refractivity contribution in [2.45, 2.75) is 19.4 Å². The molecule has 2 nitrogen and oxygen atoms in total. The minimum Gasteiger partial charge on any atom is -0.508 e. The number of aromatic hydroxyl groups is 1. The van der Waals surface area contributed by atoms with E-state index >= 15 is 0 Å². The summed E-state index contributed by atoms with van der Waals surface area (Å²) in [7, 11) is 0. The zero-order valence-electron chi connectivity index (χ0n) is 8.46. The molecule has 0 atom stereocenters. The van der Waals surface area contributed by atoms with E-state index in [2.05, 4.69) is 11.2 Å². The number of unbranched alkanes of at least 4 members (excludes halogenated alkanes) is 1. The number of phenolic OH excluding ortho intramolecular Hbond substituents is 1. The van der Waals surface area contributed by atoms with E-state index in [0.29, 0.717) is 12.1 Å². The van der Waals surface area contributed by atoms with Gasteiger partial charge in [-0.05, 0) is 31.2 Å². The lowest BCUT2D eigenvalue weighted by molar-refractivity contribution is 0.461. The minimum atomic E-state index is -0.340. The summed E-state index contributed by atoms with van der Waals surface area (Å²) in [4.78, 5) is 0. The van der Waals surface area contributed by atoms with Gasteiger partial charge >= 0.3 is 0 Å². The molecule has 2 N–H and O–H groups in total. The van der Waals surface area contributed by atoms with Gasteiger partial charge in [-0.2, -0.15) is 0 Å². The molecule has 15 heavy (non-hydrogen) atoms. The van der Waals surface area contributed by atoms with Crippen molar-refractivity contribution in [2.24, 2.45) is 0 Å². The Kier molecular flexibility index (Phi) is 4.65. The molecule has 0 aliphatic rings. The maximum atomic E-state index is 12.8. The van der Waals surface area contributed by atoms with Gasteiger partial charge in [0.15, 0.2) is 0 Å². The molecule has 0 aliphatic carbocycles. The standard InChI is InChI=1S/C12H14FNO/c1-2-3-4-7-14-9-10-8-11(13)5-6-12(10)15/h1,5-6,8,14-15H,3-4,7,9H2. The Morgan fingerprint density at radius 2 is 2.27 bits per heavy atom. The first-order valence-electron chi connectivity index (χ1n) is 4.85. The molecule has 0 bridgehead atoms. The van der Waals surface area contributed by atoms with Gasteiger partial charge in [-0.1, -0.05) is 0 Å². The molecule has 0 radical (unpaired) electrons. The van der Waals surface area contributed by atoms with Gasteiger partial charge in [-0.25, -0.2) is 4.39 Å². The highest BCUT2D eigenvalue weighted by molar-refractivity contribution is 5.32. The van der Waals surface area contributed by atoms with E-state index in [-0.39, 0.29) is 11.6 Å². The van der Waals surface area contributed by atoms with Gasteiger partial charge in [0.2, 0.25) is 0 Å². The van der Waals surface area contributed by atoms with Gasteiger partial charge in [-0.3, -0.25) is 0 Å². The van der Waals surface area contributed by atoms with Crippen LogP contribution in [0.1, 0.15) is 18.4 Å². The number of hydrogen-bond donors (Lipinski definition) is 2. The van der Waals surface area contributed by atoms with Crippen LogP contribution in [-0.2, 0) is 6.54 Å². The fraction of sp³-hybridized carbons (Fsp3) is 0.333. The monoisotopic (exact) mass is 207 g/mol. The molecule has 80 valence electrons. The van der Waals surface area contributed by atoms with Crippen molar-refractivity contribution in [1.82, 2.24) is 5.32 Å². The molecule has 0 saturated carbocycles. The van der Waals surface area contributed by atoms with Crippen LogP contribution in [0, 0.1) is 18.2 Å². The number of benzene rings is 1. The fourth-order valence-corrected chi connectivity index (χ4v) is 1.23. The Hall–Kier alpha value is -1.53. The summed E-state index contributed by atoms with van der Waals surface area (Å²) in [5.41, 5.74) is 0.565. The molecule has 0 saturated heterocycles. The van der Waals surface area contributed by atoms with Crippen molar-refractivity contribution in [1.29, 1.82) is 0 Å². The average molecular weight is 207 g/mol. The molecule has 1 aromatic carbocycles. The second-order valence-corrected chi connectivity index (χ2v) is 3.26. The van der Waals surface area contributed by atoms with Crippen LogP contribution >= 0.6 is 0 Å². The van der Waals surface area contributed by atoms with Gasteiger partial charge in [0.1, 0.15) is 11.6 Å². The predicted molar refractivity (Wildman–Crippen MR) is 57.8 cm³/mol. The summed E-state index contributed by atoms with van der Waals surface area (Å²) in [5.74, 6) is 2.31. The average Bonchev–Trinajstić information content (AvgIpc) is 2.23. The van der Waals surface area contributed by atoms with Crippen LogP contribution in [0.4, 0.5) is 4.39 Å². The van der Waals surface area contributed by atoms with E-state index < -0.39 is 0 Å². The first-order valence-corrected chi connectivity index (χ1v) is 4.85. The molecule has 0 fully saturated rings. The first-order chi connectivity index (χ1) is 7.24. The van der Waals surface area contributed by atoms with Crippen LogP contribution < -0.4 is 5.32 Å². The molecule has 0 aliphatic heterocycles. The Morgan fingerprint density at radius 3 is 3.00 bits per heavy atom. The lowest BCUT2D eigenvalue weighted by Gasteiger charge is -2.05. The van der Waals surface area contributed by atoms with Gasteiger partial charge in [-0.15, -0.1) is 12.3 Å². The first kappa shape index (κ1) is 11.5. The molecule has 0 aromatic heterocycles. The predicted octanol–water partition coefficient (Wildman–Crippen LogP) is 2.03. The highest BCUT2D eigenvalue weighted by atomic mass is 19.1. The number of phenols is 1. The topological polar surface area (TPSA) is 32.3 Å². The Balaban J connectivity index is 2.37. The van der Waals surface area contributed by atoms with Gasteiger partial charge in [0.25, 0.3) is 0 Å². The highest BCUT2D eigenvalue weighted by Crippen LogP contribution is 2.17. The van der Waals surface area contributed by atoms with E-state index in [1.54, 1.807) is 0 Å². The van der Waals surface area contributed by atoms with Crippen LogP contribution in [-0.4, -0.2) is 11.7 Å². The van der Waals surface area contributed by atoms with E-state index in [9.17, 15) is 9.50 Å². The normalized spacial score (nSPS) is 9.87. The van der Waals surface area contributed by atoms with Gasteiger partial charge in [0.05, 0.1) is 0 Å². The summed E-state index contributed by atoms with van der Waals surface area (Å²) >= 11 is 0. The highest BCUT2D eigenvalue weighted by Gasteiger charge is 2.01. The lowest BCUT2D eigenvalue weighted by atomic mass is 10.2. The molecule has 0 amide bonds. The van der Waals surface area contributed by atoms with Crippen LogP contribution in [0.15, 0.2) is 18.2 Å². The van der Waals surface area contributed by atoms with Crippen LogP contribution in [0.5, 0.6) is 5.75 Å². The number of nitrogens with one attached hydrogen (secondary N) is 1. The Morgan fingerprint density at radius 1 is 1.47 bits per heavy atom. The summed E-state index contributed by atoms with van der Waals surface area (Å²) in [6.07, 6.45) is 6.70. The number of halogens is 1. The van der Waals surface area contributed by atoms with Crippen molar-refractivity contribution < 1.29 is 9.50 Å². The molecular formula is C12H14FNO. The summed E-state index contributed by atoms with van der Waals surface area (Å²) in [6.45, 7) is 1.22. The maximum Gasteiger partial charge on any atom is 0.123 e. The molecule has 0 unspecified atom stereocenters. The minimum absolute atomic E-state index is 0.112. The summed E-state index contributed by atoms with van der Waals surface area (Å²) < 4.78 is 12.8. The van der Waals surface area contributed by atoms with Gasteiger partial charge < -0.3 is 10.4 Å². The van der Waals surface area contributed by atoms with Crippen LogP contribution in [0.2, 0.25) is 0 Å². The quantitative estimate of drug-likeness (QED) is 0.572. The molecule has 3 heteroatoms. The third-order valence-electron chi connectivity index (χ3n) is 2.03. The van der Waals surface area contributed by atoms with Crippen molar-refractivity contribution in [3.63, 3.8) is 0 Å². The number of rotatable bonds is 5. The third kappa shape index (κ3) is 4.01. The molecule has 0 spiro atoms. The van der Waals surface area contributed by atoms with Crippen molar-refractivity contribution in [3.8, 4) is 18.1 Å². The SMILES string of the molecule is C#CCCCNCc1cc(F)ccc1O. The molecular weight excluding hydrogens is 193 g/mol. The zero-order valence-corrected chi connectivity index (χ0v) is 8.46. The number of hydrogen-bond acceptors (Lipinski definition) is 2. The van der Waals surface area contributed by atoms with Gasteiger partial charge in [0, 0.05) is 18.5 Å². The fourth-order valence-electron chi connectivity index (χ4n) is 1.23. The smallest absolute Gasteiger partial charge is 0.123 e. The molecule has 1 aromatic rings. The van der Waals surface area contributed by atoms with E-state index in [1.165, 1.54) is 18.2 Å². The van der Waals surface area contributed by atoms with Crippen molar-refractivity contribution in [3.05, 3.63) is 29.6 Å². The summed E-state index contributed by atoms with van der Waals surface area (Å²) in [6, 6.07) is 3.91. The van der Waals surface area contributed by atoms with E-state index in [4.69, 9.17) is 6.42 Å². The lowest BCUT2D eigenvalue weighted by Crippen LogP contribution is -2.14. The largest absolute Gasteiger partial charge is 0.508 e. The van der Waals surface area contributed by atoms with E-state index in [1.807, 2.05) is 0 Å². The zero-order chi connectivity index (χ0) is 11.1. The van der Waals surface area contributed by atoms with Crippen molar-refractivity contribution in [2.75, 3.05) is 6.54 Å². The Labute approximate surface area is 89.1 Å². The third-order valence-corrected chi connectivity index (χ3v) is 2.03. The molecule has 0 heterocycles. The van der Waals surface area contributed by atoms with Crippen LogP contribution in [0.3, 0.4) is 0 Å². The second kappa shape index (κ2) is 6.05. The van der Waals surface area contributed by atoms with Crippen molar-refractivity contribution >= 4 is 0 Å². The maximum absolute atomic E-state index is 12.8. The number of terminal acetylenes is 1. The Bertz CT molecular complexity index is 357. The van der Waals surface area contributed by atoms with Crippen LogP contribution in [0.25, 0.3) is 0 Å².